The highest BCUT2D eigenvalue weighted by Gasteiger charge is 2.22. The molecular formula is C22H28BrN3O3S. The highest BCUT2D eigenvalue weighted by molar-refractivity contribution is 9.10. The van der Waals surface area contributed by atoms with E-state index in [1.165, 1.54) is 24.8 Å². The molecule has 3 rings (SSSR count). The van der Waals surface area contributed by atoms with Crippen molar-refractivity contribution in [3.8, 4) is 0 Å². The van der Waals surface area contributed by atoms with E-state index in [0.717, 1.165) is 35.8 Å². The number of benzene rings is 2. The van der Waals surface area contributed by atoms with Gasteiger partial charge in [-0.05, 0) is 65.1 Å². The second-order valence-corrected chi connectivity index (χ2v) is 10.4. The van der Waals surface area contributed by atoms with Gasteiger partial charge in [0.25, 0.3) is 0 Å². The van der Waals surface area contributed by atoms with Crippen molar-refractivity contribution in [1.82, 2.24) is 10.2 Å². The lowest BCUT2D eigenvalue weighted by molar-refractivity contribution is -0.119. The SMILES string of the molecule is CS(=O)(=O)N(CC(=O)NCc1cccc(CN2CCCCC2)c1)c1ccccc1Br. The highest BCUT2D eigenvalue weighted by atomic mass is 79.9. The summed E-state index contributed by atoms with van der Waals surface area (Å²) in [4.78, 5) is 15.0. The number of piperidine rings is 1. The molecule has 1 amide bonds. The third kappa shape index (κ3) is 6.55. The molecule has 1 aliphatic heterocycles. The maximum Gasteiger partial charge on any atom is 0.241 e. The number of amides is 1. The van der Waals surface area contributed by atoms with Crippen molar-refractivity contribution in [2.45, 2.75) is 32.4 Å². The average Bonchev–Trinajstić information content (AvgIpc) is 2.71. The van der Waals surface area contributed by atoms with Gasteiger partial charge in [0.2, 0.25) is 15.9 Å². The maximum absolute atomic E-state index is 12.5. The van der Waals surface area contributed by atoms with E-state index in [-0.39, 0.29) is 12.5 Å². The van der Waals surface area contributed by atoms with Crippen LogP contribution in [0.4, 0.5) is 5.69 Å². The second kappa shape index (κ2) is 10.4. The van der Waals surface area contributed by atoms with Gasteiger partial charge in [0.15, 0.2) is 0 Å². The molecule has 6 nitrogen and oxygen atoms in total. The average molecular weight is 494 g/mol. The normalized spacial score (nSPS) is 15.0. The molecule has 1 N–H and O–H groups in total. The Morgan fingerprint density at radius 2 is 1.77 bits per heavy atom. The predicted molar refractivity (Wildman–Crippen MR) is 124 cm³/mol. The number of carbonyl (C=O) groups excluding carboxylic acids is 1. The summed E-state index contributed by atoms with van der Waals surface area (Å²) in [5.74, 6) is -0.349. The molecule has 2 aromatic carbocycles. The Bertz CT molecular complexity index is 975. The quantitative estimate of drug-likeness (QED) is 0.610. The molecule has 1 fully saturated rings. The third-order valence-electron chi connectivity index (χ3n) is 5.14. The first-order valence-electron chi connectivity index (χ1n) is 10.1. The molecule has 1 heterocycles. The van der Waals surface area contributed by atoms with Crippen LogP contribution in [0.3, 0.4) is 0 Å². The molecule has 0 spiro atoms. The molecule has 0 radical (unpaired) electrons. The lowest BCUT2D eigenvalue weighted by Gasteiger charge is -2.26. The van der Waals surface area contributed by atoms with Crippen molar-refractivity contribution in [3.05, 3.63) is 64.1 Å². The number of nitrogens with one attached hydrogen (secondary N) is 1. The zero-order valence-electron chi connectivity index (χ0n) is 17.2. The van der Waals surface area contributed by atoms with Crippen LogP contribution < -0.4 is 9.62 Å². The standard InChI is InChI=1S/C22H28BrN3O3S/c1-30(28,29)26(21-11-4-3-10-20(21)23)17-22(27)24-15-18-8-7-9-19(14-18)16-25-12-5-2-6-13-25/h3-4,7-11,14H,2,5-6,12-13,15-17H2,1H3,(H,24,27). The van der Waals surface area contributed by atoms with Crippen LogP contribution in [-0.4, -0.2) is 45.1 Å². The number of sulfonamides is 1. The smallest absolute Gasteiger partial charge is 0.241 e. The molecule has 0 aromatic heterocycles. The van der Waals surface area contributed by atoms with E-state index < -0.39 is 10.0 Å². The zero-order valence-corrected chi connectivity index (χ0v) is 19.6. The third-order valence-corrected chi connectivity index (χ3v) is 6.94. The minimum Gasteiger partial charge on any atom is -0.350 e. The number of hydrogen-bond acceptors (Lipinski definition) is 4. The van der Waals surface area contributed by atoms with E-state index in [4.69, 9.17) is 0 Å². The summed E-state index contributed by atoms with van der Waals surface area (Å²) >= 11 is 3.36. The fraction of sp³-hybridized carbons (Fsp3) is 0.409. The summed E-state index contributed by atoms with van der Waals surface area (Å²) in [5.41, 5.74) is 2.68. The Balaban J connectivity index is 1.60. The molecule has 0 atom stereocenters. The number of rotatable bonds is 8. The van der Waals surface area contributed by atoms with E-state index in [9.17, 15) is 13.2 Å². The van der Waals surface area contributed by atoms with E-state index in [0.29, 0.717) is 16.7 Å². The minimum absolute atomic E-state index is 0.269. The number of halogens is 1. The number of para-hydroxylation sites is 1. The highest BCUT2D eigenvalue weighted by Crippen LogP contribution is 2.27. The Morgan fingerprint density at radius 3 is 2.47 bits per heavy atom. The van der Waals surface area contributed by atoms with Gasteiger partial charge in [0, 0.05) is 17.6 Å². The summed E-state index contributed by atoms with van der Waals surface area (Å²) in [6.45, 7) is 3.29. The van der Waals surface area contributed by atoms with Crippen LogP contribution in [0.25, 0.3) is 0 Å². The zero-order chi connectivity index (χ0) is 21.6. The van der Waals surface area contributed by atoms with Gasteiger partial charge in [0.1, 0.15) is 6.54 Å². The number of likely N-dealkylation sites (tertiary alicyclic amines) is 1. The molecule has 2 aromatic rings. The minimum atomic E-state index is -3.60. The molecule has 0 aliphatic carbocycles. The lowest BCUT2D eigenvalue weighted by atomic mass is 10.1. The molecule has 162 valence electrons. The monoisotopic (exact) mass is 493 g/mol. The fourth-order valence-electron chi connectivity index (χ4n) is 3.64. The van der Waals surface area contributed by atoms with Crippen LogP contribution in [0.5, 0.6) is 0 Å². The topological polar surface area (TPSA) is 69.7 Å². The number of nitrogens with zero attached hydrogens (tertiary/aromatic N) is 2. The van der Waals surface area contributed by atoms with Crippen molar-refractivity contribution in [3.63, 3.8) is 0 Å². The van der Waals surface area contributed by atoms with Crippen molar-refractivity contribution in [2.75, 3.05) is 30.2 Å². The van der Waals surface area contributed by atoms with Gasteiger partial charge in [-0.25, -0.2) is 8.42 Å². The Labute approximate surface area is 187 Å². The Morgan fingerprint density at radius 1 is 1.07 bits per heavy atom. The van der Waals surface area contributed by atoms with E-state index in [1.54, 1.807) is 24.3 Å². The molecule has 30 heavy (non-hydrogen) atoms. The molecule has 0 bridgehead atoms. The number of hydrogen-bond donors (Lipinski definition) is 1. The van der Waals surface area contributed by atoms with Crippen molar-refractivity contribution >= 4 is 37.5 Å². The van der Waals surface area contributed by atoms with Gasteiger partial charge in [-0.2, -0.15) is 0 Å². The van der Waals surface area contributed by atoms with Crippen molar-refractivity contribution in [2.24, 2.45) is 0 Å². The first-order valence-corrected chi connectivity index (χ1v) is 12.8. The molecule has 8 heteroatoms. The van der Waals surface area contributed by atoms with Crippen molar-refractivity contribution in [1.29, 1.82) is 0 Å². The van der Waals surface area contributed by atoms with Crippen LogP contribution in [0.1, 0.15) is 30.4 Å². The van der Waals surface area contributed by atoms with Crippen molar-refractivity contribution < 1.29 is 13.2 Å². The number of carbonyl (C=O) groups is 1. The molecule has 0 saturated carbocycles. The molecule has 1 saturated heterocycles. The van der Waals surface area contributed by atoms with Crippen LogP contribution in [0.2, 0.25) is 0 Å². The summed E-state index contributed by atoms with van der Waals surface area (Å²) in [6, 6.07) is 15.2. The van der Waals surface area contributed by atoms with Gasteiger partial charge in [-0.15, -0.1) is 0 Å². The van der Waals surface area contributed by atoms with Crippen LogP contribution in [0, 0.1) is 0 Å². The predicted octanol–water partition coefficient (Wildman–Crippen LogP) is 3.52. The lowest BCUT2D eigenvalue weighted by Crippen LogP contribution is -2.40. The Kier molecular flexibility index (Phi) is 7.91. The first kappa shape index (κ1) is 22.8. The summed E-state index contributed by atoms with van der Waals surface area (Å²) in [5, 5.41) is 2.85. The molecule has 1 aliphatic rings. The largest absolute Gasteiger partial charge is 0.350 e. The van der Waals surface area contributed by atoms with Gasteiger partial charge in [-0.3, -0.25) is 14.0 Å². The van der Waals surface area contributed by atoms with E-state index in [1.807, 2.05) is 12.1 Å². The summed E-state index contributed by atoms with van der Waals surface area (Å²) in [7, 11) is -3.60. The van der Waals surface area contributed by atoms with Crippen LogP contribution in [-0.2, 0) is 27.9 Å². The summed E-state index contributed by atoms with van der Waals surface area (Å²) < 4.78 is 26.2. The first-order chi connectivity index (χ1) is 14.3. The Hall–Kier alpha value is -1.90. The summed E-state index contributed by atoms with van der Waals surface area (Å²) in [6.07, 6.45) is 4.92. The van der Waals surface area contributed by atoms with Gasteiger partial charge < -0.3 is 5.32 Å². The maximum atomic E-state index is 12.5. The van der Waals surface area contributed by atoms with Gasteiger partial charge in [-0.1, -0.05) is 42.8 Å². The van der Waals surface area contributed by atoms with Crippen LogP contribution in [0.15, 0.2) is 53.0 Å². The van der Waals surface area contributed by atoms with E-state index >= 15 is 0 Å². The molecular weight excluding hydrogens is 466 g/mol. The molecule has 0 unspecified atom stereocenters. The fourth-order valence-corrected chi connectivity index (χ4v) is 5.12. The number of anilines is 1. The van der Waals surface area contributed by atoms with E-state index in [2.05, 4.69) is 38.3 Å². The van der Waals surface area contributed by atoms with Crippen LogP contribution >= 0.6 is 15.9 Å². The van der Waals surface area contributed by atoms with Gasteiger partial charge in [0.05, 0.1) is 11.9 Å². The second-order valence-electron chi connectivity index (χ2n) is 7.65. The van der Waals surface area contributed by atoms with Gasteiger partial charge >= 0.3 is 0 Å².